The predicted molar refractivity (Wildman–Crippen MR) is 279 cm³/mol. The minimum Gasteiger partial charge on any atom is -0.462 e. The SMILES string of the molecule is CCCCC/C=C\C/C=C\C/C=C\C/C=C\CCCCCC(=O)O[C@H](COCCCCCCCCCCCCCCCCCC)COC(=O)CCCCCCC/C=C\CCCCCC. The smallest absolute Gasteiger partial charge is 0.306 e. The van der Waals surface area contributed by atoms with Crippen LogP contribution in [-0.4, -0.2) is 37.9 Å². The molecule has 0 spiro atoms. The summed E-state index contributed by atoms with van der Waals surface area (Å²) in [6.45, 7) is 7.78. The first-order valence-corrected chi connectivity index (χ1v) is 27.8. The Kier molecular flexibility index (Phi) is 52.9. The number of hydrogen-bond acceptors (Lipinski definition) is 5. The molecule has 0 aliphatic rings. The van der Waals surface area contributed by atoms with Gasteiger partial charge in [0.05, 0.1) is 6.61 Å². The van der Waals surface area contributed by atoms with Crippen molar-refractivity contribution in [2.24, 2.45) is 0 Å². The summed E-state index contributed by atoms with van der Waals surface area (Å²) in [5, 5.41) is 0. The number of rotatable bonds is 51. The Hall–Kier alpha value is -2.40. The number of carbonyl (C=O) groups excluding carboxylic acids is 2. The van der Waals surface area contributed by atoms with Gasteiger partial charge < -0.3 is 14.2 Å². The van der Waals surface area contributed by atoms with E-state index in [1.807, 2.05) is 0 Å². The molecule has 0 aliphatic carbocycles. The van der Waals surface area contributed by atoms with Gasteiger partial charge in [-0.25, -0.2) is 0 Å². The van der Waals surface area contributed by atoms with Crippen molar-refractivity contribution in [1.82, 2.24) is 0 Å². The van der Waals surface area contributed by atoms with Crippen LogP contribution in [0.4, 0.5) is 0 Å². The minimum atomic E-state index is -0.555. The summed E-state index contributed by atoms with van der Waals surface area (Å²) in [4.78, 5) is 25.4. The van der Waals surface area contributed by atoms with E-state index in [-0.39, 0.29) is 25.2 Å². The summed E-state index contributed by atoms with van der Waals surface area (Å²) in [5.41, 5.74) is 0. The lowest BCUT2D eigenvalue weighted by Crippen LogP contribution is -2.30. The lowest BCUT2D eigenvalue weighted by atomic mass is 10.0. The normalized spacial score (nSPS) is 12.6. The predicted octanol–water partition coefficient (Wildman–Crippen LogP) is 18.9. The second-order valence-corrected chi connectivity index (χ2v) is 18.5. The van der Waals surface area contributed by atoms with Gasteiger partial charge in [0.1, 0.15) is 6.61 Å². The molecule has 372 valence electrons. The number of hydrogen-bond donors (Lipinski definition) is 0. The largest absolute Gasteiger partial charge is 0.462 e. The van der Waals surface area contributed by atoms with Crippen LogP contribution in [0.15, 0.2) is 60.8 Å². The summed E-state index contributed by atoms with van der Waals surface area (Å²) in [6.07, 6.45) is 69.5. The first kappa shape index (κ1) is 61.6. The molecule has 64 heavy (non-hydrogen) atoms. The molecule has 0 unspecified atom stereocenters. The van der Waals surface area contributed by atoms with Crippen LogP contribution in [-0.2, 0) is 23.8 Å². The third-order valence-corrected chi connectivity index (χ3v) is 12.0. The van der Waals surface area contributed by atoms with Crippen LogP contribution < -0.4 is 0 Å². The molecule has 0 aromatic carbocycles. The summed E-state index contributed by atoms with van der Waals surface area (Å²) >= 11 is 0. The zero-order chi connectivity index (χ0) is 46.3. The zero-order valence-corrected chi connectivity index (χ0v) is 42.8. The van der Waals surface area contributed by atoms with E-state index in [1.165, 1.54) is 161 Å². The molecule has 0 amide bonds. The van der Waals surface area contributed by atoms with E-state index in [0.29, 0.717) is 19.4 Å². The van der Waals surface area contributed by atoms with Gasteiger partial charge in [-0.05, 0) is 89.9 Å². The second-order valence-electron chi connectivity index (χ2n) is 18.5. The number of carbonyl (C=O) groups is 2. The van der Waals surface area contributed by atoms with Gasteiger partial charge in [-0.1, -0.05) is 236 Å². The molecule has 1 atom stereocenters. The number of ether oxygens (including phenoxy) is 3. The maximum atomic E-state index is 12.8. The van der Waals surface area contributed by atoms with Crippen molar-refractivity contribution in [1.29, 1.82) is 0 Å². The van der Waals surface area contributed by atoms with Crippen LogP contribution in [0, 0.1) is 0 Å². The molecule has 0 radical (unpaired) electrons. The summed E-state index contributed by atoms with van der Waals surface area (Å²) < 4.78 is 17.4. The van der Waals surface area contributed by atoms with Gasteiger partial charge in [-0.3, -0.25) is 9.59 Å². The van der Waals surface area contributed by atoms with E-state index < -0.39 is 6.10 Å². The van der Waals surface area contributed by atoms with E-state index in [4.69, 9.17) is 14.2 Å². The molecule has 0 N–H and O–H groups in total. The molecule has 0 heterocycles. The highest BCUT2D eigenvalue weighted by molar-refractivity contribution is 5.70. The van der Waals surface area contributed by atoms with E-state index in [1.54, 1.807) is 0 Å². The van der Waals surface area contributed by atoms with Crippen molar-refractivity contribution in [3.63, 3.8) is 0 Å². The van der Waals surface area contributed by atoms with Crippen molar-refractivity contribution in [3.05, 3.63) is 60.8 Å². The van der Waals surface area contributed by atoms with Gasteiger partial charge in [0, 0.05) is 19.4 Å². The minimum absolute atomic E-state index is 0.0698. The lowest BCUT2D eigenvalue weighted by Gasteiger charge is -2.18. The molecule has 5 heteroatoms. The van der Waals surface area contributed by atoms with E-state index in [2.05, 4.69) is 81.5 Å². The highest BCUT2D eigenvalue weighted by atomic mass is 16.6. The van der Waals surface area contributed by atoms with Gasteiger partial charge in [0.25, 0.3) is 0 Å². The van der Waals surface area contributed by atoms with Crippen molar-refractivity contribution in [2.75, 3.05) is 19.8 Å². The molecule has 0 bridgehead atoms. The van der Waals surface area contributed by atoms with Gasteiger partial charge in [0.2, 0.25) is 0 Å². The van der Waals surface area contributed by atoms with Crippen LogP contribution in [0.2, 0.25) is 0 Å². The highest BCUT2D eigenvalue weighted by Gasteiger charge is 2.17. The van der Waals surface area contributed by atoms with Crippen molar-refractivity contribution >= 4 is 11.9 Å². The van der Waals surface area contributed by atoms with E-state index in [0.717, 1.165) is 83.5 Å². The molecule has 0 saturated heterocycles. The standard InChI is InChI=1S/C59H106O5/c1-4-7-10-13-16-19-22-25-27-29-30-31-32-35-38-41-44-47-50-53-59(61)64-57(56-63-58(60)52-49-46-43-40-37-34-24-21-18-15-12-9-6-3)55-62-54-51-48-45-42-39-36-33-28-26-23-20-17-14-11-8-5-2/h16,19,21,24-25,27,30-31,35,38,57H,4-15,17-18,20,22-23,26,28-29,32-34,36-37,39-56H2,1-3H3/b19-16-,24-21-,27-25-,31-30-,38-35-/t57-/m1/s1. The lowest BCUT2D eigenvalue weighted by molar-refractivity contribution is -0.163. The maximum absolute atomic E-state index is 12.8. The first-order valence-electron chi connectivity index (χ1n) is 27.8. The highest BCUT2D eigenvalue weighted by Crippen LogP contribution is 2.15. The Bertz CT molecular complexity index is 1100. The van der Waals surface area contributed by atoms with Crippen LogP contribution in [0.3, 0.4) is 0 Å². The maximum Gasteiger partial charge on any atom is 0.306 e. The van der Waals surface area contributed by atoms with Gasteiger partial charge >= 0.3 is 11.9 Å². The van der Waals surface area contributed by atoms with Crippen LogP contribution >= 0.6 is 0 Å². The fourth-order valence-electron chi connectivity index (χ4n) is 7.84. The number of esters is 2. The Morgan fingerprint density at radius 3 is 1.12 bits per heavy atom. The first-order chi connectivity index (χ1) is 31.6. The van der Waals surface area contributed by atoms with Gasteiger partial charge in [-0.15, -0.1) is 0 Å². The zero-order valence-electron chi connectivity index (χ0n) is 42.8. The molecular weight excluding hydrogens is 789 g/mol. The summed E-state index contributed by atoms with van der Waals surface area (Å²) in [7, 11) is 0. The monoisotopic (exact) mass is 895 g/mol. The van der Waals surface area contributed by atoms with Crippen molar-refractivity contribution in [3.8, 4) is 0 Å². The Morgan fingerprint density at radius 2 is 0.656 bits per heavy atom. The Morgan fingerprint density at radius 1 is 0.344 bits per heavy atom. The molecule has 0 fully saturated rings. The average molecular weight is 895 g/mol. The third-order valence-electron chi connectivity index (χ3n) is 12.0. The summed E-state index contributed by atoms with van der Waals surface area (Å²) in [5.74, 6) is -0.433. The average Bonchev–Trinajstić information content (AvgIpc) is 3.30. The van der Waals surface area contributed by atoms with E-state index >= 15 is 0 Å². The van der Waals surface area contributed by atoms with Crippen LogP contribution in [0.25, 0.3) is 0 Å². The molecule has 0 aromatic rings. The van der Waals surface area contributed by atoms with Crippen molar-refractivity contribution in [2.45, 2.75) is 284 Å². The quantitative estimate of drug-likeness (QED) is 0.0346. The third kappa shape index (κ3) is 52.2. The molecular formula is C59H106O5. The van der Waals surface area contributed by atoms with Crippen LogP contribution in [0.1, 0.15) is 278 Å². The van der Waals surface area contributed by atoms with E-state index in [9.17, 15) is 9.59 Å². The molecule has 5 nitrogen and oxygen atoms in total. The molecule has 0 saturated carbocycles. The summed E-state index contributed by atoms with van der Waals surface area (Å²) in [6, 6.07) is 0. The Labute approximate surface area is 398 Å². The second kappa shape index (κ2) is 54.9. The fraction of sp³-hybridized carbons (Fsp3) is 0.797. The molecule has 0 rings (SSSR count). The Balaban J connectivity index is 4.32. The van der Waals surface area contributed by atoms with Crippen LogP contribution in [0.5, 0.6) is 0 Å². The fourth-order valence-corrected chi connectivity index (χ4v) is 7.84. The van der Waals surface area contributed by atoms with Gasteiger partial charge in [0.15, 0.2) is 6.10 Å². The van der Waals surface area contributed by atoms with Crippen molar-refractivity contribution < 1.29 is 23.8 Å². The van der Waals surface area contributed by atoms with Gasteiger partial charge in [-0.2, -0.15) is 0 Å². The number of allylic oxidation sites excluding steroid dienone is 10. The molecule has 0 aromatic heterocycles. The topological polar surface area (TPSA) is 61.8 Å². The number of unbranched alkanes of at least 4 members (excludes halogenated alkanes) is 30. The molecule has 0 aliphatic heterocycles.